The minimum atomic E-state index is 0.0610. The minimum Gasteiger partial charge on any atom is -0.338 e. The second kappa shape index (κ2) is 4.83. The van der Waals surface area contributed by atoms with E-state index in [1.165, 1.54) is 0 Å². The van der Waals surface area contributed by atoms with E-state index in [0.29, 0.717) is 6.54 Å². The van der Waals surface area contributed by atoms with Gasteiger partial charge in [0.2, 0.25) is 5.91 Å². The molecule has 0 spiro atoms. The molecule has 0 aromatic carbocycles. The smallest absolute Gasteiger partial charge is 0.233 e. The van der Waals surface area contributed by atoms with E-state index < -0.39 is 0 Å². The number of carbonyl (C=O) groups is 1. The van der Waals surface area contributed by atoms with Gasteiger partial charge in [-0.3, -0.25) is 4.79 Å². The average molecular weight is 182 g/mol. The lowest BCUT2D eigenvalue weighted by Crippen LogP contribution is -2.34. The third-order valence-electron chi connectivity index (χ3n) is 1.67. The molecule has 0 radical (unpaired) electrons. The second-order valence-electron chi connectivity index (χ2n) is 2.48. The van der Waals surface area contributed by atoms with Crippen LogP contribution in [-0.2, 0) is 4.79 Å². The van der Waals surface area contributed by atoms with E-state index in [1.807, 2.05) is 11.5 Å². The minimum absolute atomic E-state index is 0.0610. The van der Waals surface area contributed by atoms with Gasteiger partial charge < -0.3 is 4.90 Å². The molecule has 64 valence electrons. The number of amides is 1. The van der Waals surface area contributed by atoms with E-state index in [-0.39, 0.29) is 11.7 Å². The summed E-state index contributed by atoms with van der Waals surface area (Å²) in [6, 6.07) is 0. The van der Waals surface area contributed by atoms with Crippen molar-refractivity contribution >= 4 is 17.7 Å². The summed E-state index contributed by atoms with van der Waals surface area (Å²) < 4.78 is 0. The zero-order chi connectivity index (χ0) is 8.81. The molecule has 1 heterocycles. The average Bonchev–Trinajstić information content (AvgIpc) is 2.15. The fraction of sp³-hybridized carbons (Fsp3) is 0.500. The van der Waals surface area contributed by atoms with Crippen LogP contribution in [0.5, 0.6) is 0 Å². The molecule has 12 heavy (non-hydrogen) atoms. The number of nitrogens with zero attached hydrogens (tertiary/aromatic N) is 2. The van der Waals surface area contributed by atoms with Gasteiger partial charge >= 0.3 is 0 Å². The zero-order valence-corrected chi connectivity index (χ0v) is 7.51. The number of nitriles is 1. The molecule has 1 rings (SSSR count). The van der Waals surface area contributed by atoms with Crippen LogP contribution in [0, 0.1) is 10.7 Å². The molecule has 0 bridgehead atoms. The predicted molar refractivity (Wildman–Crippen MR) is 48.4 cm³/mol. The molecular weight excluding hydrogens is 172 g/mol. The Morgan fingerprint density at radius 1 is 1.67 bits per heavy atom. The summed E-state index contributed by atoms with van der Waals surface area (Å²) in [5, 5.41) is 10.1. The first kappa shape index (κ1) is 9.14. The van der Waals surface area contributed by atoms with Crippen LogP contribution in [0.25, 0.3) is 0 Å². The Morgan fingerprint density at radius 2 is 2.50 bits per heavy atom. The monoisotopic (exact) mass is 182 g/mol. The molecule has 1 aliphatic heterocycles. The molecule has 3 nitrogen and oxygen atoms in total. The third kappa shape index (κ3) is 2.59. The lowest BCUT2D eigenvalue weighted by Gasteiger charge is -2.22. The SMILES string of the molecule is N#CSCC(=O)N1CC=CCC1. The van der Waals surface area contributed by atoms with Crippen LogP contribution in [0.4, 0.5) is 0 Å². The van der Waals surface area contributed by atoms with Crippen LogP contribution in [0.15, 0.2) is 12.2 Å². The van der Waals surface area contributed by atoms with Crippen molar-refractivity contribution in [2.24, 2.45) is 0 Å². The third-order valence-corrected chi connectivity index (χ3v) is 2.19. The Hall–Kier alpha value is -0.950. The Labute approximate surface area is 76.0 Å². The molecule has 1 amide bonds. The van der Waals surface area contributed by atoms with E-state index in [0.717, 1.165) is 24.7 Å². The number of rotatable bonds is 2. The van der Waals surface area contributed by atoms with E-state index in [4.69, 9.17) is 5.26 Å². The molecule has 0 unspecified atom stereocenters. The summed E-state index contributed by atoms with van der Waals surface area (Å²) in [6.07, 6.45) is 4.99. The van der Waals surface area contributed by atoms with Gasteiger partial charge in [0.25, 0.3) is 0 Å². The van der Waals surface area contributed by atoms with Gasteiger partial charge in [-0.1, -0.05) is 12.2 Å². The zero-order valence-electron chi connectivity index (χ0n) is 6.69. The van der Waals surface area contributed by atoms with Crippen molar-refractivity contribution in [2.75, 3.05) is 18.8 Å². The highest BCUT2D eigenvalue weighted by atomic mass is 32.2. The van der Waals surface area contributed by atoms with E-state index >= 15 is 0 Å². The first-order chi connectivity index (χ1) is 5.84. The quantitative estimate of drug-likeness (QED) is 0.472. The maximum absolute atomic E-state index is 11.3. The highest BCUT2D eigenvalue weighted by Crippen LogP contribution is 2.05. The molecule has 0 atom stereocenters. The van der Waals surface area contributed by atoms with E-state index in [1.54, 1.807) is 4.90 Å². The summed E-state index contributed by atoms with van der Waals surface area (Å²) >= 11 is 1.00. The summed E-state index contributed by atoms with van der Waals surface area (Å²) in [6.45, 7) is 1.49. The number of thiocyanates is 1. The van der Waals surface area contributed by atoms with Gasteiger partial charge in [0.15, 0.2) is 0 Å². The Balaban J connectivity index is 2.32. The molecule has 0 aromatic rings. The maximum atomic E-state index is 11.3. The van der Waals surface area contributed by atoms with Crippen molar-refractivity contribution in [1.29, 1.82) is 5.26 Å². The molecule has 0 aromatic heterocycles. The Bertz CT molecular complexity index is 232. The molecule has 1 aliphatic rings. The fourth-order valence-corrected chi connectivity index (χ4v) is 1.42. The second-order valence-corrected chi connectivity index (χ2v) is 3.24. The highest BCUT2D eigenvalue weighted by molar-refractivity contribution is 8.04. The van der Waals surface area contributed by atoms with Gasteiger partial charge in [-0.2, -0.15) is 5.26 Å². The molecule has 0 N–H and O–H groups in total. The van der Waals surface area contributed by atoms with Gasteiger partial charge in [-0.15, -0.1) is 0 Å². The first-order valence-corrected chi connectivity index (χ1v) is 4.77. The molecule has 0 saturated heterocycles. The van der Waals surface area contributed by atoms with Crippen LogP contribution in [0.1, 0.15) is 6.42 Å². The predicted octanol–water partition coefficient (Wildman–Crippen LogP) is 0.989. The molecule has 0 saturated carbocycles. The number of hydrogen-bond acceptors (Lipinski definition) is 3. The topological polar surface area (TPSA) is 44.1 Å². The lowest BCUT2D eigenvalue weighted by molar-refractivity contribution is -0.127. The van der Waals surface area contributed by atoms with Crippen LogP contribution in [0.2, 0.25) is 0 Å². The van der Waals surface area contributed by atoms with Gasteiger partial charge in [-0.05, 0) is 18.2 Å². The lowest BCUT2D eigenvalue weighted by atomic mass is 10.2. The molecule has 0 aliphatic carbocycles. The normalized spacial score (nSPS) is 15.8. The van der Waals surface area contributed by atoms with Crippen molar-refractivity contribution in [1.82, 2.24) is 4.90 Å². The van der Waals surface area contributed by atoms with Gasteiger partial charge in [0.1, 0.15) is 5.40 Å². The van der Waals surface area contributed by atoms with Crippen LogP contribution >= 0.6 is 11.8 Å². The summed E-state index contributed by atoms with van der Waals surface area (Å²) in [7, 11) is 0. The largest absolute Gasteiger partial charge is 0.338 e. The van der Waals surface area contributed by atoms with Crippen LogP contribution in [-0.4, -0.2) is 29.6 Å². The molecule has 0 fully saturated rings. The summed E-state index contributed by atoms with van der Waals surface area (Å²) in [5.74, 6) is 0.343. The standard InChI is InChI=1S/C8H10N2OS/c9-7-12-6-8(11)10-4-2-1-3-5-10/h1-2H,3-6H2. The van der Waals surface area contributed by atoms with Gasteiger partial charge in [-0.25, -0.2) is 0 Å². The van der Waals surface area contributed by atoms with E-state index in [9.17, 15) is 4.79 Å². The van der Waals surface area contributed by atoms with Crippen molar-refractivity contribution in [2.45, 2.75) is 6.42 Å². The highest BCUT2D eigenvalue weighted by Gasteiger charge is 2.12. The van der Waals surface area contributed by atoms with Crippen molar-refractivity contribution in [3.8, 4) is 5.40 Å². The Kier molecular flexibility index (Phi) is 3.68. The molecule has 4 heteroatoms. The first-order valence-electron chi connectivity index (χ1n) is 3.78. The van der Waals surface area contributed by atoms with Crippen molar-refractivity contribution in [3.63, 3.8) is 0 Å². The number of thioether (sulfide) groups is 1. The maximum Gasteiger partial charge on any atom is 0.233 e. The molecular formula is C8H10N2OS. The Morgan fingerprint density at radius 3 is 3.08 bits per heavy atom. The van der Waals surface area contributed by atoms with Crippen LogP contribution < -0.4 is 0 Å². The van der Waals surface area contributed by atoms with E-state index in [2.05, 4.69) is 6.08 Å². The van der Waals surface area contributed by atoms with Crippen molar-refractivity contribution < 1.29 is 4.79 Å². The summed E-state index contributed by atoms with van der Waals surface area (Å²) in [5.41, 5.74) is 0. The van der Waals surface area contributed by atoms with Gasteiger partial charge in [0, 0.05) is 13.1 Å². The number of carbonyl (C=O) groups excluding carboxylic acids is 1. The fourth-order valence-electron chi connectivity index (χ4n) is 1.05. The van der Waals surface area contributed by atoms with Crippen molar-refractivity contribution in [3.05, 3.63) is 12.2 Å². The van der Waals surface area contributed by atoms with Gasteiger partial charge in [0.05, 0.1) is 5.75 Å². The van der Waals surface area contributed by atoms with Crippen LogP contribution in [0.3, 0.4) is 0 Å². The summed E-state index contributed by atoms with van der Waals surface area (Å²) in [4.78, 5) is 13.0. The number of hydrogen-bond donors (Lipinski definition) is 0.